The Morgan fingerprint density at radius 1 is 0.941 bits per heavy atom. The lowest BCUT2D eigenvalue weighted by Gasteiger charge is -2.33. The number of hydrogen-bond acceptors (Lipinski definition) is 6. The smallest absolute Gasteiger partial charge is 0.273 e. The molecule has 1 fully saturated rings. The molecular weight excluding hydrogens is 470 g/mol. The number of sulfonamides is 1. The topological polar surface area (TPSA) is 88.4 Å². The van der Waals surface area contributed by atoms with Crippen LogP contribution in [0.4, 0.5) is 0 Å². The van der Waals surface area contributed by atoms with Gasteiger partial charge in [0.2, 0.25) is 10.0 Å². The van der Waals surface area contributed by atoms with Crippen molar-refractivity contribution in [3.63, 3.8) is 0 Å². The fourth-order valence-electron chi connectivity index (χ4n) is 3.87. The summed E-state index contributed by atoms with van der Waals surface area (Å²) in [6.07, 6.45) is 3.62. The number of para-hydroxylation sites is 1. The lowest BCUT2D eigenvalue weighted by molar-refractivity contribution is 0.0692. The molecule has 4 aromatic rings. The monoisotopic (exact) mass is 493 g/mol. The van der Waals surface area contributed by atoms with Gasteiger partial charge in [-0.3, -0.25) is 4.79 Å². The van der Waals surface area contributed by atoms with E-state index in [9.17, 15) is 13.2 Å². The molecule has 1 saturated heterocycles. The number of piperazine rings is 1. The number of nitrogens with zero attached hydrogens (tertiary/aromatic N) is 5. The minimum absolute atomic E-state index is 0.0338. The molecule has 0 N–H and O–H groups in total. The van der Waals surface area contributed by atoms with Gasteiger partial charge in [0, 0.05) is 43.3 Å². The number of carbonyl (C=O) groups is 1. The van der Waals surface area contributed by atoms with Crippen molar-refractivity contribution in [3.05, 3.63) is 89.7 Å². The molecular formula is C24H23N5O3S2. The average Bonchev–Trinajstić information content (AvgIpc) is 3.55. The van der Waals surface area contributed by atoms with Crippen molar-refractivity contribution >= 4 is 27.3 Å². The van der Waals surface area contributed by atoms with E-state index in [1.54, 1.807) is 33.3 Å². The third-order valence-corrected chi connectivity index (χ3v) is 8.43. The van der Waals surface area contributed by atoms with Gasteiger partial charge in [-0.05, 0) is 17.7 Å². The lowest BCUT2D eigenvalue weighted by Crippen LogP contribution is -2.50. The van der Waals surface area contributed by atoms with Gasteiger partial charge < -0.3 is 4.90 Å². The molecule has 8 nitrogen and oxygen atoms in total. The van der Waals surface area contributed by atoms with Gasteiger partial charge in [-0.25, -0.2) is 18.1 Å². The molecule has 34 heavy (non-hydrogen) atoms. The lowest BCUT2D eigenvalue weighted by atomic mass is 10.2. The maximum Gasteiger partial charge on any atom is 0.273 e. The zero-order valence-electron chi connectivity index (χ0n) is 18.3. The van der Waals surface area contributed by atoms with Gasteiger partial charge in [-0.15, -0.1) is 11.3 Å². The Morgan fingerprint density at radius 3 is 2.32 bits per heavy atom. The van der Waals surface area contributed by atoms with Gasteiger partial charge in [0.05, 0.1) is 17.6 Å². The Labute approximate surface area is 202 Å². The first-order valence-corrected chi connectivity index (χ1v) is 13.4. The average molecular weight is 494 g/mol. The van der Waals surface area contributed by atoms with Crippen LogP contribution in [0.25, 0.3) is 16.3 Å². The van der Waals surface area contributed by atoms with Crippen LogP contribution in [0.5, 0.6) is 0 Å². The first-order chi connectivity index (χ1) is 16.5. The summed E-state index contributed by atoms with van der Waals surface area (Å²) in [5.74, 6) is -0.216. The van der Waals surface area contributed by atoms with E-state index in [1.807, 2.05) is 54.7 Å². The molecule has 5 rings (SSSR count). The van der Waals surface area contributed by atoms with Crippen LogP contribution < -0.4 is 0 Å². The van der Waals surface area contributed by atoms with Crippen molar-refractivity contribution in [2.45, 2.75) is 5.75 Å². The fraction of sp³-hybridized carbons (Fsp3) is 0.208. The molecule has 0 bridgehead atoms. The molecule has 3 heterocycles. The van der Waals surface area contributed by atoms with Crippen LogP contribution in [0.1, 0.15) is 16.1 Å². The Kier molecular flexibility index (Phi) is 6.27. The number of aromatic nitrogens is 3. The van der Waals surface area contributed by atoms with Crippen molar-refractivity contribution in [3.8, 4) is 16.3 Å². The highest BCUT2D eigenvalue weighted by Gasteiger charge is 2.30. The minimum atomic E-state index is -3.43. The Bertz CT molecular complexity index is 1380. The van der Waals surface area contributed by atoms with Gasteiger partial charge in [0.1, 0.15) is 10.7 Å². The summed E-state index contributed by atoms with van der Waals surface area (Å²) in [7, 11) is -3.43. The molecule has 10 heteroatoms. The molecule has 174 valence electrons. The predicted molar refractivity (Wildman–Crippen MR) is 131 cm³/mol. The highest BCUT2D eigenvalue weighted by atomic mass is 32.2. The first kappa shape index (κ1) is 22.5. The van der Waals surface area contributed by atoms with E-state index in [-0.39, 0.29) is 24.7 Å². The second kappa shape index (κ2) is 9.49. The van der Waals surface area contributed by atoms with Crippen LogP contribution in [0.2, 0.25) is 0 Å². The van der Waals surface area contributed by atoms with Crippen LogP contribution in [-0.4, -0.2) is 64.5 Å². The number of amides is 1. The summed E-state index contributed by atoms with van der Waals surface area (Å²) in [4.78, 5) is 19.2. The molecule has 1 aliphatic rings. The van der Waals surface area contributed by atoms with Crippen molar-refractivity contribution in [1.82, 2.24) is 24.0 Å². The molecule has 0 aliphatic carbocycles. The van der Waals surface area contributed by atoms with Crippen molar-refractivity contribution < 1.29 is 13.2 Å². The van der Waals surface area contributed by atoms with E-state index in [2.05, 4.69) is 10.1 Å². The third-order valence-electron chi connectivity index (χ3n) is 5.68. The second-order valence-electron chi connectivity index (χ2n) is 7.98. The summed E-state index contributed by atoms with van der Waals surface area (Å²) in [6, 6.07) is 18.9. The molecule has 0 radical (unpaired) electrons. The first-order valence-electron chi connectivity index (χ1n) is 10.9. The largest absolute Gasteiger partial charge is 0.335 e. The number of hydrogen-bond donors (Lipinski definition) is 0. The second-order valence-corrected chi connectivity index (χ2v) is 10.8. The SMILES string of the molecule is O=C(c1csc(-c2cnn(-c3ccccc3)c2)n1)N1CCN(S(=O)(=O)Cc2ccccc2)CC1. The number of carbonyl (C=O) groups excluding carboxylic acids is 1. The van der Waals surface area contributed by atoms with Gasteiger partial charge in [0.25, 0.3) is 5.91 Å². The number of rotatable bonds is 6. The molecule has 0 saturated carbocycles. The molecule has 1 aliphatic heterocycles. The normalized spacial score (nSPS) is 14.9. The van der Waals surface area contributed by atoms with Gasteiger partial charge >= 0.3 is 0 Å². The van der Waals surface area contributed by atoms with Crippen molar-refractivity contribution in [1.29, 1.82) is 0 Å². The van der Waals surface area contributed by atoms with Gasteiger partial charge in [-0.2, -0.15) is 9.40 Å². The van der Waals surface area contributed by atoms with E-state index >= 15 is 0 Å². The zero-order valence-corrected chi connectivity index (χ0v) is 20.0. The van der Waals surface area contributed by atoms with Crippen molar-refractivity contribution in [2.24, 2.45) is 0 Å². The highest BCUT2D eigenvalue weighted by Crippen LogP contribution is 2.25. The van der Waals surface area contributed by atoms with Crippen molar-refractivity contribution in [2.75, 3.05) is 26.2 Å². The van der Waals surface area contributed by atoms with Gasteiger partial charge in [-0.1, -0.05) is 48.5 Å². The summed E-state index contributed by atoms with van der Waals surface area (Å²) in [5, 5.41) is 6.86. The minimum Gasteiger partial charge on any atom is -0.335 e. The number of thiazole rings is 1. The van der Waals surface area contributed by atoms with Crippen LogP contribution in [0.15, 0.2) is 78.4 Å². The molecule has 0 spiro atoms. The maximum absolute atomic E-state index is 13.0. The van der Waals surface area contributed by atoms with Crippen LogP contribution >= 0.6 is 11.3 Å². The van der Waals surface area contributed by atoms with E-state index < -0.39 is 10.0 Å². The van der Waals surface area contributed by atoms with E-state index in [1.165, 1.54) is 15.6 Å². The molecule has 2 aromatic heterocycles. The van der Waals surface area contributed by atoms with Crippen LogP contribution in [0.3, 0.4) is 0 Å². The Morgan fingerprint density at radius 2 is 1.62 bits per heavy atom. The van der Waals surface area contributed by atoms with Crippen LogP contribution in [0, 0.1) is 0 Å². The summed E-state index contributed by atoms with van der Waals surface area (Å²) < 4.78 is 28.8. The maximum atomic E-state index is 13.0. The predicted octanol–water partition coefficient (Wildman–Crippen LogP) is 3.28. The van der Waals surface area contributed by atoms with Crippen LogP contribution in [-0.2, 0) is 15.8 Å². The van der Waals surface area contributed by atoms with Gasteiger partial charge in [0.15, 0.2) is 0 Å². The summed E-state index contributed by atoms with van der Waals surface area (Å²) in [5.41, 5.74) is 2.91. The fourth-order valence-corrected chi connectivity index (χ4v) is 6.15. The number of benzene rings is 2. The third kappa shape index (κ3) is 4.79. The van der Waals surface area contributed by atoms with E-state index in [0.29, 0.717) is 18.8 Å². The Balaban J connectivity index is 1.22. The molecule has 2 aromatic carbocycles. The summed E-state index contributed by atoms with van der Waals surface area (Å²) in [6.45, 7) is 1.24. The highest BCUT2D eigenvalue weighted by molar-refractivity contribution is 7.88. The van der Waals surface area contributed by atoms with E-state index in [4.69, 9.17) is 0 Å². The summed E-state index contributed by atoms with van der Waals surface area (Å²) >= 11 is 1.39. The zero-order chi connectivity index (χ0) is 23.5. The van der Waals surface area contributed by atoms with E-state index in [0.717, 1.165) is 21.8 Å². The molecule has 1 amide bonds. The molecule has 0 atom stereocenters. The quantitative estimate of drug-likeness (QED) is 0.411. The Hall–Kier alpha value is -3.34. The standard InChI is InChI=1S/C24H23N5O3S2/c30-24(27-11-13-28(14-12-27)34(31,32)18-19-7-3-1-4-8-19)22-17-33-23(26-22)20-15-25-29(16-20)21-9-5-2-6-10-21/h1-10,15-17H,11-14,18H2. The molecule has 0 unspecified atom stereocenters.